The van der Waals surface area contributed by atoms with Gasteiger partial charge >= 0.3 is 0 Å². The second-order valence-electron chi connectivity index (χ2n) is 5.13. The van der Waals surface area contributed by atoms with E-state index in [1.165, 1.54) is 28.2 Å². The van der Waals surface area contributed by atoms with Crippen LogP contribution in [0.1, 0.15) is 41.1 Å². The zero-order valence-electron chi connectivity index (χ0n) is 10.3. The van der Waals surface area contributed by atoms with Crippen molar-refractivity contribution in [1.29, 1.82) is 0 Å². The minimum absolute atomic E-state index is 0.202. The Labute approximate surface area is 102 Å². The highest BCUT2D eigenvalue weighted by Gasteiger charge is 2.41. The molecule has 1 aliphatic carbocycles. The lowest BCUT2D eigenvalue weighted by atomic mass is 10.1. The molecule has 1 aromatic heterocycles. The van der Waals surface area contributed by atoms with E-state index in [0.29, 0.717) is 12.6 Å². The van der Waals surface area contributed by atoms with Gasteiger partial charge in [0.15, 0.2) is 0 Å². The first-order chi connectivity index (χ1) is 7.56. The Morgan fingerprint density at radius 3 is 2.62 bits per heavy atom. The molecule has 0 amide bonds. The van der Waals surface area contributed by atoms with Crippen LogP contribution in [0.15, 0.2) is 6.07 Å². The van der Waals surface area contributed by atoms with Crippen molar-refractivity contribution in [2.45, 2.75) is 39.7 Å². The van der Waals surface area contributed by atoms with Crippen molar-refractivity contribution in [3.8, 4) is 0 Å². The van der Waals surface area contributed by atoms with Crippen molar-refractivity contribution in [3.63, 3.8) is 0 Å². The summed E-state index contributed by atoms with van der Waals surface area (Å²) >= 11 is 1.86. The molecule has 90 valence electrons. The minimum atomic E-state index is 0.202. The molecule has 1 fully saturated rings. The van der Waals surface area contributed by atoms with Crippen molar-refractivity contribution in [3.05, 3.63) is 21.4 Å². The van der Waals surface area contributed by atoms with Gasteiger partial charge in [-0.3, -0.25) is 0 Å². The number of rotatable bonds is 5. The fourth-order valence-electron chi connectivity index (χ4n) is 2.13. The normalized spacial score (nSPS) is 19.8. The van der Waals surface area contributed by atoms with Crippen LogP contribution >= 0.6 is 11.3 Å². The van der Waals surface area contributed by atoms with Gasteiger partial charge in [0.25, 0.3) is 0 Å². The molecule has 1 aliphatic rings. The standard InChI is InChI=1S/C13H21NOS/c1-9-6-12(11(3)16-9)10(2)14-7-13(8-15)4-5-13/h6,10,14-15H,4-5,7-8H2,1-3H3. The summed E-state index contributed by atoms with van der Waals surface area (Å²) in [5.74, 6) is 0. The van der Waals surface area contributed by atoms with Crippen LogP contribution in [-0.2, 0) is 0 Å². The third kappa shape index (κ3) is 2.47. The molecule has 0 aromatic carbocycles. The van der Waals surface area contributed by atoms with E-state index in [4.69, 9.17) is 0 Å². The number of aryl methyl sites for hydroxylation is 2. The van der Waals surface area contributed by atoms with Crippen molar-refractivity contribution in [2.24, 2.45) is 5.41 Å². The smallest absolute Gasteiger partial charge is 0.0499 e. The lowest BCUT2D eigenvalue weighted by Gasteiger charge is -2.18. The van der Waals surface area contributed by atoms with Gasteiger partial charge in [0.05, 0.1) is 0 Å². The maximum atomic E-state index is 9.26. The summed E-state index contributed by atoms with van der Waals surface area (Å²) in [5.41, 5.74) is 1.61. The van der Waals surface area contributed by atoms with E-state index in [0.717, 1.165) is 6.54 Å². The van der Waals surface area contributed by atoms with Gasteiger partial charge in [-0.25, -0.2) is 0 Å². The SMILES string of the molecule is Cc1cc(C(C)NCC2(CO)CC2)c(C)s1. The molecule has 1 atom stereocenters. The van der Waals surface area contributed by atoms with Crippen LogP contribution in [0.4, 0.5) is 0 Å². The Bertz CT molecular complexity index is 368. The van der Waals surface area contributed by atoms with Crippen molar-refractivity contribution in [2.75, 3.05) is 13.2 Å². The predicted molar refractivity (Wildman–Crippen MR) is 69.0 cm³/mol. The van der Waals surface area contributed by atoms with Crippen LogP contribution in [-0.4, -0.2) is 18.3 Å². The maximum Gasteiger partial charge on any atom is 0.0499 e. The summed E-state index contributed by atoms with van der Waals surface area (Å²) in [5, 5.41) is 12.8. The zero-order valence-corrected chi connectivity index (χ0v) is 11.2. The molecule has 0 bridgehead atoms. The van der Waals surface area contributed by atoms with Crippen molar-refractivity contribution in [1.82, 2.24) is 5.32 Å². The second-order valence-corrected chi connectivity index (χ2v) is 6.59. The number of hydrogen-bond donors (Lipinski definition) is 2. The first-order valence-electron chi connectivity index (χ1n) is 5.97. The molecule has 2 rings (SSSR count). The highest BCUT2D eigenvalue weighted by molar-refractivity contribution is 7.12. The number of hydrogen-bond acceptors (Lipinski definition) is 3. The molecular formula is C13H21NOS. The van der Waals surface area contributed by atoms with Crippen LogP contribution in [0.25, 0.3) is 0 Å². The highest BCUT2D eigenvalue weighted by atomic mass is 32.1. The van der Waals surface area contributed by atoms with Gasteiger partial charge in [0.2, 0.25) is 0 Å². The van der Waals surface area contributed by atoms with E-state index in [-0.39, 0.29) is 5.41 Å². The molecule has 0 saturated heterocycles. The van der Waals surface area contributed by atoms with E-state index in [1.54, 1.807) is 0 Å². The largest absolute Gasteiger partial charge is 0.396 e. The van der Waals surface area contributed by atoms with Crippen LogP contribution in [0.2, 0.25) is 0 Å². The summed E-state index contributed by atoms with van der Waals surface area (Å²) < 4.78 is 0. The van der Waals surface area contributed by atoms with Crippen LogP contribution in [0.3, 0.4) is 0 Å². The Balaban J connectivity index is 1.93. The van der Waals surface area contributed by atoms with E-state index in [1.807, 2.05) is 11.3 Å². The number of aliphatic hydroxyl groups is 1. The molecule has 16 heavy (non-hydrogen) atoms. The molecular weight excluding hydrogens is 218 g/mol. The average molecular weight is 239 g/mol. The van der Waals surface area contributed by atoms with E-state index < -0.39 is 0 Å². The molecule has 1 unspecified atom stereocenters. The first kappa shape index (κ1) is 12.1. The second kappa shape index (κ2) is 4.47. The maximum absolute atomic E-state index is 9.26. The Hall–Kier alpha value is -0.380. The number of thiophene rings is 1. The quantitative estimate of drug-likeness (QED) is 0.828. The lowest BCUT2D eigenvalue weighted by Crippen LogP contribution is -2.28. The van der Waals surface area contributed by atoms with Gasteiger partial charge in [0.1, 0.15) is 0 Å². The number of aliphatic hydroxyl groups excluding tert-OH is 1. The Kier molecular flexibility index (Phi) is 3.38. The Morgan fingerprint density at radius 1 is 1.50 bits per heavy atom. The Morgan fingerprint density at radius 2 is 2.19 bits per heavy atom. The molecule has 2 nitrogen and oxygen atoms in total. The van der Waals surface area contributed by atoms with Gasteiger partial charge in [-0.15, -0.1) is 11.3 Å². The molecule has 3 heteroatoms. The monoisotopic (exact) mass is 239 g/mol. The summed E-state index contributed by atoms with van der Waals surface area (Å²) in [4.78, 5) is 2.79. The van der Waals surface area contributed by atoms with Crippen LogP contribution < -0.4 is 5.32 Å². The van der Waals surface area contributed by atoms with Crippen LogP contribution in [0, 0.1) is 19.3 Å². The van der Waals surface area contributed by atoms with Gasteiger partial charge < -0.3 is 10.4 Å². The molecule has 0 aliphatic heterocycles. The van der Waals surface area contributed by atoms with Crippen molar-refractivity contribution >= 4 is 11.3 Å². The lowest BCUT2D eigenvalue weighted by molar-refractivity contribution is 0.204. The van der Waals surface area contributed by atoms with Crippen LogP contribution in [0.5, 0.6) is 0 Å². The van der Waals surface area contributed by atoms with E-state index in [2.05, 4.69) is 32.2 Å². The van der Waals surface area contributed by atoms with E-state index in [9.17, 15) is 5.11 Å². The summed E-state index contributed by atoms with van der Waals surface area (Å²) in [7, 11) is 0. The topological polar surface area (TPSA) is 32.3 Å². The summed E-state index contributed by atoms with van der Waals surface area (Å²) in [6, 6.07) is 2.67. The van der Waals surface area contributed by atoms with Gasteiger partial charge in [-0.1, -0.05) is 0 Å². The molecule has 0 spiro atoms. The number of nitrogens with one attached hydrogen (secondary N) is 1. The molecule has 2 N–H and O–H groups in total. The third-order valence-corrected chi connectivity index (χ3v) is 4.60. The summed E-state index contributed by atoms with van der Waals surface area (Å²) in [6.45, 7) is 7.82. The van der Waals surface area contributed by atoms with Gasteiger partial charge in [-0.2, -0.15) is 0 Å². The average Bonchev–Trinajstić information content (AvgIpc) is 2.96. The van der Waals surface area contributed by atoms with Crippen molar-refractivity contribution < 1.29 is 5.11 Å². The third-order valence-electron chi connectivity index (χ3n) is 3.62. The highest BCUT2D eigenvalue weighted by Crippen LogP contribution is 2.44. The first-order valence-corrected chi connectivity index (χ1v) is 6.79. The summed E-state index contributed by atoms with van der Waals surface area (Å²) in [6.07, 6.45) is 2.34. The zero-order chi connectivity index (χ0) is 11.8. The van der Waals surface area contributed by atoms with Gasteiger partial charge in [-0.05, 0) is 45.2 Å². The minimum Gasteiger partial charge on any atom is -0.396 e. The fourth-order valence-corrected chi connectivity index (χ4v) is 3.15. The molecule has 1 heterocycles. The predicted octanol–water partition coefficient (Wildman–Crippen LogP) is 2.79. The molecule has 1 aromatic rings. The molecule has 1 saturated carbocycles. The fraction of sp³-hybridized carbons (Fsp3) is 0.692. The van der Waals surface area contributed by atoms with Gasteiger partial charge in [0, 0.05) is 34.4 Å². The molecule has 0 radical (unpaired) electrons. The van der Waals surface area contributed by atoms with E-state index >= 15 is 0 Å².